The Bertz CT molecular complexity index is 536. The summed E-state index contributed by atoms with van der Waals surface area (Å²) in [5.41, 5.74) is 2.70. The molecule has 2 rings (SSSR count). The lowest BCUT2D eigenvalue weighted by Crippen LogP contribution is -2.14. The summed E-state index contributed by atoms with van der Waals surface area (Å²) < 4.78 is 13.0. The largest absolute Gasteiger partial charge is 0.347 e. The molecule has 4 heteroatoms. The van der Waals surface area contributed by atoms with E-state index in [4.69, 9.17) is 0 Å². The van der Waals surface area contributed by atoms with E-state index in [0.29, 0.717) is 11.9 Å². The molecule has 1 aromatic heterocycles. The molecule has 0 amide bonds. The SMILES string of the molecule is CC(C)c1cc(-c2ccc(F)cc2)nc(N(C)C)n1. The molecular weight excluding hydrogens is 241 g/mol. The molecule has 0 fully saturated rings. The average Bonchev–Trinajstić information content (AvgIpc) is 2.39. The molecule has 0 radical (unpaired) electrons. The van der Waals surface area contributed by atoms with Gasteiger partial charge >= 0.3 is 0 Å². The molecule has 19 heavy (non-hydrogen) atoms. The van der Waals surface area contributed by atoms with Gasteiger partial charge in [0.2, 0.25) is 5.95 Å². The predicted molar refractivity (Wildman–Crippen MR) is 75.8 cm³/mol. The number of halogens is 1. The van der Waals surface area contributed by atoms with Crippen molar-refractivity contribution in [3.8, 4) is 11.3 Å². The van der Waals surface area contributed by atoms with Crippen LogP contribution in [0.4, 0.5) is 10.3 Å². The summed E-state index contributed by atoms with van der Waals surface area (Å²) in [7, 11) is 3.82. The van der Waals surface area contributed by atoms with E-state index >= 15 is 0 Å². The molecule has 0 aliphatic carbocycles. The summed E-state index contributed by atoms with van der Waals surface area (Å²) in [6, 6.07) is 8.33. The summed E-state index contributed by atoms with van der Waals surface area (Å²) in [4.78, 5) is 10.9. The standard InChI is InChI=1S/C15H18FN3/c1-10(2)13-9-14(18-15(17-13)19(3)4)11-5-7-12(16)8-6-11/h5-10H,1-4H3. The molecule has 0 saturated carbocycles. The molecule has 1 aromatic carbocycles. The summed E-state index contributed by atoms with van der Waals surface area (Å²) in [5, 5.41) is 0. The normalized spacial score (nSPS) is 10.8. The molecule has 1 heterocycles. The van der Waals surface area contributed by atoms with Gasteiger partial charge in [-0.15, -0.1) is 0 Å². The minimum absolute atomic E-state index is 0.241. The first kappa shape index (κ1) is 13.5. The highest BCUT2D eigenvalue weighted by Crippen LogP contribution is 2.23. The third kappa shape index (κ3) is 3.08. The van der Waals surface area contributed by atoms with E-state index in [-0.39, 0.29) is 5.82 Å². The Morgan fingerprint density at radius 1 is 1.05 bits per heavy atom. The third-order valence-corrected chi connectivity index (χ3v) is 2.87. The molecule has 0 bridgehead atoms. The summed E-state index contributed by atoms with van der Waals surface area (Å²) >= 11 is 0. The lowest BCUT2D eigenvalue weighted by atomic mass is 10.1. The van der Waals surface area contributed by atoms with Crippen LogP contribution in [-0.4, -0.2) is 24.1 Å². The predicted octanol–water partition coefficient (Wildman–Crippen LogP) is 3.47. The zero-order chi connectivity index (χ0) is 14.0. The first-order valence-corrected chi connectivity index (χ1v) is 6.29. The molecule has 0 atom stereocenters. The van der Waals surface area contributed by atoms with Gasteiger partial charge in [0.1, 0.15) is 5.82 Å². The first-order chi connectivity index (χ1) is 8.97. The van der Waals surface area contributed by atoms with Crippen molar-refractivity contribution in [1.29, 1.82) is 0 Å². The van der Waals surface area contributed by atoms with E-state index in [1.165, 1.54) is 12.1 Å². The molecule has 0 aliphatic rings. The molecule has 0 saturated heterocycles. The van der Waals surface area contributed by atoms with Gasteiger partial charge in [0.15, 0.2) is 0 Å². The zero-order valence-electron chi connectivity index (χ0n) is 11.7. The summed E-state index contributed by atoms with van der Waals surface area (Å²) in [6.45, 7) is 4.19. The van der Waals surface area contributed by atoms with Crippen LogP contribution in [0.15, 0.2) is 30.3 Å². The van der Waals surface area contributed by atoms with Crippen LogP contribution in [0, 0.1) is 5.82 Å². The minimum Gasteiger partial charge on any atom is -0.347 e. The Hall–Kier alpha value is -1.97. The number of nitrogens with zero attached hydrogens (tertiary/aromatic N) is 3. The summed E-state index contributed by atoms with van der Waals surface area (Å²) in [6.07, 6.45) is 0. The lowest BCUT2D eigenvalue weighted by Gasteiger charge is -2.15. The fraction of sp³-hybridized carbons (Fsp3) is 0.333. The highest BCUT2D eigenvalue weighted by molar-refractivity contribution is 5.61. The van der Waals surface area contributed by atoms with Crippen LogP contribution in [0.5, 0.6) is 0 Å². The van der Waals surface area contributed by atoms with Gasteiger partial charge in [-0.3, -0.25) is 0 Å². The molecule has 2 aromatic rings. The van der Waals surface area contributed by atoms with Crippen molar-refractivity contribution in [1.82, 2.24) is 9.97 Å². The molecule has 0 unspecified atom stereocenters. The molecule has 0 N–H and O–H groups in total. The molecule has 100 valence electrons. The maximum absolute atomic E-state index is 13.0. The number of anilines is 1. The minimum atomic E-state index is -0.241. The van der Waals surface area contributed by atoms with Gasteiger partial charge < -0.3 is 4.90 Å². The van der Waals surface area contributed by atoms with Crippen LogP contribution in [0.2, 0.25) is 0 Å². The van der Waals surface area contributed by atoms with E-state index in [9.17, 15) is 4.39 Å². The Labute approximate surface area is 113 Å². The second-order valence-electron chi connectivity index (χ2n) is 5.03. The number of benzene rings is 1. The maximum atomic E-state index is 13.0. The smallest absolute Gasteiger partial charge is 0.225 e. The van der Waals surface area contributed by atoms with Gasteiger partial charge in [0, 0.05) is 25.4 Å². The van der Waals surface area contributed by atoms with Gasteiger partial charge in [0.25, 0.3) is 0 Å². The maximum Gasteiger partial charge on any atom is 0.225 e. The number of rotatable bonds is 3. The van der Waals surface area contributed by atoms with E-state index < -0.39 is 0 Å². The van der Waals surface area contributed by atoms with Crippen LogP contribution in [0.3, 0.4) is 0 Å². The molecular formula is C15H18FN3. The van der Waals surface area contributed by atoms with Gasteiger partial charge in [-0.25, -0.2) is 14.4 Å². The fourth-order valence-corrected chi connectivity index (χ4v) is 1.72. The van der Waals surface area contributed by atoms with Gasteiger partial charge in [-0.05, 0) is 36.2 Å². The second-order valence-corrected chi connectivity index (χ2v) is 5.03. The van der Waals surface area contributed by atoms with Crippen molar-refractivity contribution in [2.45, 2.75) is 19.8 Å². The van der Waals surface area contributed by atoms with Crippen molar-refractivity contribution in [2.75, 3.05) is 19.0 Å². The Morgan fingerprint density at radius 2 is 1.68 bits per heavy atom. The fourth-order valence-electron chi connectivity index (χ4n) is 1.72. The van der Waals surface area contributed by atoms with Crippen LogP contribution >= 0.6 is 0 Å². The number of hydrogen-bond acceptors (Lipinski definition) is 3. The molecule has 0 aliphatic heterocycles. The van der Waals surface area contributed by atoms with Crippen molar-refractivity contribution >= 4 is 5.95 Å². The van der Waals surface area contributed by atoms with Crippen molar-refractivity contribution in [3.63, 3.8) is 0 Å². The topological polar surface area (TPSA) is 29.0 Å². The summed E-state index contributed by atoms with van der Waals surface area (Å²) in [5.74, 6) is 0.751. The second kappa shape index (κ2) is 5.34. The highest BCUT2D eigenvalue weighted by atomic mass is 19.1. The monoisotopic (exact) mass is 259 g/mol. The molecule has 0 spiro atoms. The van der Waals surface area contributed by atoms with Crippen LogP contribution in [-0.2, 0) is 0 Å². The van der Waals surface area contributed by atoms with Crippen molar-refractivity contribution < 1.29 is 4.39 Å². The Balaban J connectivity index is 2.52. The van der Waals surface area contributed by atoms with Crippen LogP contribution in [0.1, 0.15) is 25.5 Å². The number of hydrogen-bond donors (Lipinski definition) is 0. The van der Waals surface area contributed by atoms with E-state index in [2.05, 4.69) is 23.8 Å². The van der Waals surface area contributed by atoms with E-state index in [1.54, 1.807) is 12.1 Å². The van der Waals surface area contributed by atoms with Gasteiger partial charge in [-0.1, -0.05) is 13.8 Å². The zero-order valence-corrected chi connectivity index (χ0v) is 11.7. The first-order valence-electron chi connectivity index (χ1n) is 6.29. The third-order valence-electron chi connectivity index (χ3n) is 2.87. The van der Waals surface area contributed by atoms with Gasteiger partial charge in [0.05, 0.1) is 5.69 Å². The Morgan fingerprint density at radius 3 is 2.21 bits per heavy atom. The highest BCUT2D eigenvalue weighted by Gasteiger charge is 2.10. The van der Waals surface area contributed by atoms with Crippen LogP contribution in [0.25, 0.3) is 11.3 Å². The van der Waals surface area contributed by atoms with E-state index in [1.807, 2.05) is 25.1 Å². The van der Waals surface area contributed by atoms with E-state index in [0.717, 1.165) is 17.0 Å². The van der Waals surface area contributed by atoms with Gasteiger partial charge in [-0.2, -0.15) is 0 Å². The van der Waals surface area contributed by atoms with Crippen molar-refractivity contribution in [3.05, 3.63) is 41.8 Å². The van der Waals surface area contributed by atoms with Crippen LogP contribution < -0.4 is 4.90 Å². The molecule has 3 nitrogen and oxygen atoms in total. The lowest BCUT2D eigenvalue weighted by molar-refractivity contribution is 0.628. The quantitative estimate of drug-likeness (QED) is 0.845. The van der Waals surface area contributed by atoms with Crippen molar-refractivity contribution in [2.24, 2.45) is 0 Å². The Kier molecular flexibility index (Phi) is 3.79. The average molecular weight is 259 g/mol. The number of aromatic nitrogens is 2.